The van der Waals surface area contributed by atoms with Crippen LogP contribution in [-0.4, -0.2) is 30.6 Å². The van der Waals surface area contributed by atoms with E-state index < -0.39 is 5.97 Å². The molecule has 8 heteroatoms. The van der Waals surface area contributed by atoms with E-state index in [0.29, 0.717) is 23.3 Å². The molecule has 1 aliphatic carbocycles. The van der Waals surface area contributed by atoms with Gasteiger partial charge in [-0.3, -0.25) is 9.59 Å². The summed E-state index contributed by atoms with van der Waals surface area (Å²) in [6.07, 6.45) is 2.09. The highest BCUT2D eigenvalue weighted by atomic mass is 32.1. The van der Waals surface area contributed by atoms with Gasteiger partial charge in [0.05, 0.1) is 30.1 Å². The second-order valence-corrected chi connectivity index (χ2v) is 8.44. The second-order valence-electron chi connectivity index (χ2n) is 7.49. The molecule has 31 heavy (non-hydrogen) atoms. The van der Waals surface area contributed by atoms with Crippen molar-refractivity contribution in [1.29, 1.82) is 0 Å². The van der Waals surface area contributed by atoms with Crippen LogP contribution in [0.1, 0.15) is 35.9 Å². The molecule has 1 aromatic carbocycles. The molecule has 3 aromatic rings. The van der Waals surface area contributed by atoms with Crippen LogP contribution in [0, 0.1) is 12.8 Å². The summed E-state index contributed by atoms with van der Waals surface area (Å²) < 4.78 is 16.0. The molecule has 1 amide bonds. The Morgan fingerprint density at radius 2 is 2.03 bits per heavy atom. The topological polar surface area (TPSA) is 90.7 Å². The van der Waals surface area contributed by atoms with Crippen molar-refractivity contribution in [3.8, 4) is 16.5 Å². The number of nitrogens with one attached hydrogen (secondary N) is 1. The van der Waals surface area contributed by atoms with Crippen LogP contribution in [0.5, 0.6) is 5.75 Å². The van der Waals surface area contributed by atoms with Gasteiger partial charge in [-0.05, 0) is 54.8 Å². The summed E-state index contributed by atoms with van der Waals surface area (Å²) in [7, 11) is 1.62. The van der Waals surface area contributed by atoms with Gasteiger partial charge >= 0.3 is 5.97 Å². The Morgan fingerprint density at radius 1 is 1.26 bits per heavy atom. The summed E-state index contributed by atoms with van der Waals surface area (Å²) in [5.41, 5.74) is 1.53. The number of carbonyl (C=O) groups excluding carboxylic acids is 2. The van der Waals surface area contributed by atoms with Crippen molar-refractivity contribution in [2.45, 2.75) is 32.2 Å². The number of carbonyl (C=O) groups is 2. The summed E-state index contributed by atoms with van der Waals surface area (Å²) in [5.74, 6) is 1.39. The molecule has 0 bridgehead atoms. The summed E-state index contributed by atoms with van der Waals surface area (Å²) in [4.78, 5) is 29.9. The Bertz CT molecular complexity index is 1040. The highest BCUT2D eigenvalue weighted by Crippen LogP contribution is 2.41. The van der Waals surface area contributed by atoms with Crippen molar-refractivity contribution in [2.24, 2.45) is 5.92 Å². The fraction of sp³-hybridized carbons (Fsp3) is 0.348. The van der Waals surface area contributed by atoms with Crippen molar-refractivity contribution < 1.29 is 23.5 Å². The van der Waals surface area contributed by atoms with Gasteiger partial charge in [0, 0.05) is 0 Å². The molecule has 1 unspecified atom stereocenters. The SMILES string of the molecule is COc1ccc(C(NC(=O)COC(=O)Cc2nc(-c3cccs3)oc2C)C2CC2)cc1. The van der Waals surface area contributed by atoms with E-state index in [0.717, 1.165) is 29.0 Å². The summed E-state index contributed by atoms with van der Waals surface area (Å²) in [6, 6.07) is 11.4. The fourth-order valence-corrected chi connectivity index (χ4v) is 4.01. The number of methoxy groups -OCH3 is 1. The first-order valence-electron chi connectivity index (χ1n) is 10.1. The Kier molecular flexibility index (Phi) is 6.36. The van der Waals surface area contributed by atoms with E-state index in [1.807, 2.05) is 41.8 Å². The highest BCUT2D eigenvalue weighted by Gasteiger charge is 2.33. The zero-order chi connectivity index (χ0) is 21.8. The molecular formula is C23H24N2O5S. The smallest absolute Gasteiger partial charge is 0.312 e. The molecule has 4 rings (SSSR count). The van der Waals surface area contributed by atoms with Gasteiger partial charge in [0.1, 0.15) is 11.5 Å². The lowest BCUT2D eigenvalue weighted by Crippen LogP contribution is -2.33. The Hall–Kier alpha value is -3.13. The normalized spacial score (nSPS) is 14.1. The lowest BCUT2D eigenvalue weighted by Gasteiger charge is -2.19. The van der Waals surface area contributed by atoms with Crippen LogP contribution in [-0.2, 0) is 20.7 Å². The third-order valence-corrected chi connectivity index (χ3v) is 6.04. The van der Waals surface area contributed by atoms with E-state index in [4.69, 9.17) is 13.9 Å². The molecule has 0 aliphatic heterocycles. The minimum absolute atomic E-state index is 0.0431. The van der Waals surface area contributed by atoms with Crippen molar-refractivity contribution in [3.63, 3.8) is 0 Å². The summed E-state index contributed by atoms with van der Waals surface area (Å²) in [6.45, 7) is 1.43. The molecule has 0 saturated heterocycles. The van der Waals surface area contributed by atoms with Crippen LogP contribution in [0.2, 0.25) is 0 Å². The number of ether oxygens (including phenoxy) is 2. The van der Waals surface area contributed by atoms with E-state index in [9.17, 15) is 9.59 Å². The third kappa shape index (κ3) is 5.32. The number of benzene rings is 1. The van der Waals surface area contributed by atoms with Crippen molar-refractivity contribution in [2.75, 3.05) is 13.7 Å². The van der Waals surface area contributed by atoms with Crippen LogP contribution in [0.3, 0.4) is 0 Å². The van der Waals surface area contributed by atoms with E-state index >= 15 is 0 Å². The molecule has 1 atom stereocenters. The maximum absolute atomic E-state index is 12.4. The molecule has 2 aromatic heterocycles. The standard InChI is InChI=1S/C23H24N2O5S/c1-14-18(24-23(30-14)19-4-3-11-31-19)12-21(27)29-13-20(26)25-22(15-5-6-15)16-7-9-17(28-2)10-8-16/h3-4,7-11,15,22H,5-6,12-13H2,1-2H3,(H,25,26). The van der Waals surface area contributed by atoms with Gasteiger partial charge in [0.25, 0.3) is 5.91 Å². The number of rotatable bonds is 9. The van der Waals surface area contributed by atoms with Gasteiger partial charge in [0.2, 0.25) is 5.89 Å². The quantitative estimate of drug-likeness (QED) is 0.505. The lowest BCUT2D eigenvalue weighted by atomic mass is 10.0. The van der Waals surface area contributed by atoms with Crippen molar-refractivity contribution >= 4 is 23.2 Å². The van der Waals surface area contributed by atoms with Gasteiger partial charge < -0.3 is 19.2 Å². The maximum atomic E-state index is 12.4. The van der Waals surface area contributed by atoms with Gasteiger partial charge in [-0.25, -0.2) is 4.98 Å². The number of nitrogens with zero attached hydrogens (tertiary/aromatic N) is 1. The van der Waals surface area contributed by atoms with E-state index in [2.05, 4.69) is 10.3 Å². The zero-order valence-electron chi connectivity index (χ0n) is 17.4. The molecule has 7 nitrogen and oxygen atoms in total. The van der Waals surface area contributed by atoms with Gasteiger partial charge in [-0.1, -0.05) is 18.2 Å². The second kappa shape index (κ2) is 9.34. The molecular weight excluding hydrogens is 416 g/mol. The molecule has 162 valence electrons. The molecule has 2 heterocycles. The molecule has 0 spiro atoms. The Balaban J connectivity index is 1.30. The Morgan fingerprint density at radius 3 is 2.68 bits per heavy atom. The number of aryl methyl sites for hydroxylation is 1. The van der Waals surface area contributed by atoms with Crippen LogP contribution in [0.15, 0.2) is 46.2 Å². The van der Waals surface area contributed by atoms with Crippen molar-refractivity contribution in [1.82, 2.24) is 10.3 Å². The first kappa shape index (κ1) is 21.1. The minimum Gasteiger partial charge on any atom is -0.497 e. The third-order valence-electron chi connectivity index (χ3n) is 5.19. The van der Waals surface area contributed by atoms with Gasteiger partial charge in [-0.15, -0.1) is 11.3 Å². The minimum atomic E-state index is -0.517. The highest BCUT2D eigenvalue weighted by molar-refractivity contribution is 7.13. The number of esters is 1. The van der Waals surface area contributed by atoms with Crippen molar-refractivity contribution in [3.05, 3.63) is 58.8 Å². The Labute approximate surface area is 184 Å². The van der Waals surface area contributed by atoms with E-state index in [-0.39, 0.29) is 25.0 Å². The van der Waals surface area contributed by atoms with E-state index in [1.54, 1.807) is 14.0 Å². The first-order chi connectivity index (χ1) is 15.0. The van der Waals surface area contributed by atoms with Crippen LogP contribution >= 0.6 is 11.3 Å². The maximum Gasteiger partial charge on any atom is 0.312 e. The van der Waals surface area contributed by atoms with Crippen LogP contribution in [0.4, 0.5) is 0 Å². The average Bonchev–Trinajstić information content (AvgIpc) is 3.34. The number of oxazole rings is 1. The molecule has 1 N–H and O–H groups in total. The number of thiophene rings is 1. The number of aromatic nitrogens is 1. The fourth-order valence-electron chi connectivity index (χ4n) is 3.36. The van der Waals surface area contributed by atoms with Crippen LogP contribution in [0.25, 0.3) is 10.8 Å². The largest absolute Gasteiger partial charge is 0.497 e. The number of hydrogen-bond acceptors (Lipinski definition) is 7. The molecule has 1 fully saturated rings. The zero-order valence-corrected chi connectivity index (χ0v) is 18.2. The molecule has 1 saturated carbocycles. The summed E-state index contributed by atoms with van der Waals surface area (Å²) >= 11 is 1.51. The number of amides is 1. The predicted octanol–water partition coefficient (Wildman–Crippen LogP) is 4.07. The predicted molar refractivity (Wildman–Crippen MR) is 116 cm³/mol. The molecule has 0 radical (unpaired) electrons. The van der Waals surface area contributed by atoms with Gasteiger partial charge in [-0.2, -0.15) is 0 Å². The van der Waals surface area contributed by atoms with Crippen LogP contribution < -0.4 is 10.1 Å². The molecule has 1 aliphatic rings. The number of hydrogen-bond donors (Lipinski definition) is 1. The van der Waals surface area contributed by atoms with Gasteiger partial charge in [0.15, 0.2) is 6.61 Å². The summed E-state index contributed by atoms with van der Waals surface area (Å²) in [5, 5.41) is 4.93. The van der Waals surface area contributed by atoms with E-state index in [1.165, 1.54) is 11.3 Å². The lowest BCUT2D eigenvalue weighted by molar-refractivity contribution is -0.148. The first-order valence-corrected chi connectivity index (χ1v) is 11.0. The average molecular weight is 441 g/mol. The monoisotopic (exact) mass is 440 g/mol.